The highest BCUT2D eigenvalue weighted by Crippen LogP contribution is 2.16. The van der Waals surface area contributed by atoms with Crippen LogP contribution in [0.4, 0.5) is 0 Å². The first-order valence-electron chi connectivity index (χ1n) is 6.52. The minimum absolute atomic E-state index is 0.0361. The summed E-state index contributed by atoms with van der Waals surface area (Å²) >= 11 is 1.44. The van der Waals surface area contributed by atoms with E-state index in [1.165, 1.54) is 11.3 Å². The maximum Gasteiger partial charge on any atom is 0.254 e. The molecule has 1 rings (SSSR count). The normalized spacial score (nSPS) is 9.75. The number of rotatable bonds is 5. The van der Waals surface area contributed by atoms with Gasteiger partial charge in [0.05, 0.1) is 29.5 Å². The van der Waals surface area contributed by atoms with Crippen molar-refractivity contribution in [1.29, 1.82) is 5.26 Å². The van der Waals surface area contributed by atoms with Crippen molar-refractivity contribution in [3.05, 3.63) is 21.9 Å². The van der Waals surface area contributed by atoms with E-state index in [1.54, 1.807) is 11.0 Å². The second-order valence-corrected chi connectivity index (χ2v) is 5.67. The monoisotopic (exact) mass is 289 g/mol. The van der Waals surface area contributed by atoms with Gasteiger partial charge in [-0.15, -0.1) is 11.3 Å². The van der Waals surface area contributed by atoms with Gasteiger partial charge >= 0.3 is 0 Å². The van der Waals surface area contributed by atoms with E-state index in [2.05, 4.69) is 31.8 Å². The van der Waals surface area contributed by atoms with Gasteiger partial charge in [0, 0.05) is 18.5 Å². The molecular weight excluding hydrogens is 270 g/mol. The molecule has 1 heterocycles. The minimum atomic E-state index is -0.0361. The van der Waals surface area contributed by atoms with E-state index in [0.717, 1.165) is 4.88 Å². The minimum Gasteiger partial charge on any atom is -0.337 e. The second-order valence-electron chi connectivity index (χ2n) is 4.76. The molecule has 0 bridgehead atoms. The molecule has 0 saturated heterocycles. The van der Waals surface area contributed by atoms with Crippen molar-refractivity contribution in [3.8, 4) is 17.9 Å². The van der Waals surface area contributed by atoms with Gasteiger partial charge in [-0.3, -0.25) is 4.79 Å². The Labute approximate surface area is 124 Å². The van der Waals surface area contributed by atoms with Crippen LogP contribution in [-0.4, -0.2) is 30.4 Å². The lowest BCUT2D eigenvalue weighted by Crippen LogP contribution is -2.34. The van der Waals surface area contributed by atoms with Crippen LogP contribution in [0.3, 0.4) is 0 Å². The summed E-state index contributed by atoms with van der Waals surface area (Å²) in [5, 5.41) is 10.5. The predicted molar refractivity (Wildman–Crippen MR) is 81.2 cm³/mol. The molecule has 1 aromatic rings. The average Bonchev–Trinajstić information content (AvgIpc) is 2.88. The summed E-state index contributed by atoms with van der Waals surface area (Å²) in [5.74, 6) is 6.03. The van der Waals surface area contributed by atoms with E-state index in [1.807, 2.05) is 5.38 Å². The molecule has 0 aliphatic heterocycles. The van der Waals surface area contributed by atoms with Crippen LogP contribution in [0.25, 0.3) is 0 Å². The standard InChI is InChI=1S/C15H19N3OS/c1-12(2)10-18(8-4-7-17)15(19)13-9-14(20-11-13)5-3-6-16/h9,11-12H,4,6,8,10,16H2,1-2H3. The Morgan fingerprint density at radius 2 is 2.30 bits per heavy atom. The van der Waals surface area contributed by atoms with E-state index >= 15 is 0 Å². The number of hydrogen-bond donors (Lipinski definition) is 1. The molecule has 20 heavy (non-hydrogen) atoms. The fourth-order valence-corrected chi connectivity index (χ4v) is 2.49. The summed E-state index contributed by atoms with van der Waals surface area (Å²) < 4.78 is 0. The van der Waals surface area contributed by atoms with Crippen LogP contribution in [0, 0.1) is 29.1 Å². The summed E-state index contributed by atoms with van der Waals surface area (Å²) in [7, 11) is 0. The number of thiophene rings is 1. The molecule has 0 radical (unpaired) electrons. The molecule has 0 aliphatic rings. The van der Waals surface area contributed by atoms with Gasteiger partial charge in [-0.25, -0.2) is 0 Å². The van der Waals surface area contributed by atoms with Gasteiger partial charge in [-0.2, -0.15) is 5.26 Å². The van der Waals surface area contributed by atoms with Gasteiger partial charge in [-0.1, -0.05) is 25.7 Å². The van der Waals surface area contributed by atoms with Gasteiger partial charge in [0.25, 0.3) is 5.91 Å². The maximum absolute atomic E-state index is 12.4. The van der Waals surface area contributed by atoms with Crippen molar-refractivity contribution >= 4 is 17.2 Å². The van der Waals surface area contributed by atoms with Crippen LogP contribution in [0.2, 0.25) is 0 Å². The number of amides is 1. The van der Waals surface area contributed by atoms with Gasteiger partial charge in [0.2, 0.25) is 0 Å². The summed E-state index contributed by atoms with van der Waals surface area (Å²) in [6, 6.07) is 3.87. The lowest BCUT2D eigenvalue weighted by Gasteiger charge is -2.23. The average molecular weight is 289 g/mol. The van der Waals surface area contributed by atoms with E-state index < -0.39 is 0 Å². The number of nitriles is 1. The molecule has 4 nitrogen and oxygen atoms in total. The summed E-state index contributed by atoms with van der Waals surface area (Å²) in [6.07, 6.45) is 0.350. The molecule has 1 amide bonds. The van der Waals surface area contributed by atoms with Crippen molar-refractivity contribution in [3.63, 3.8) is 0 Å². The van der Waals surface area contributed by atoms with Crippen LogP contribution < -0.4 is 5.73 Å². The fraction of sp³-hybridized carbons (Fsp3) is 0.467. The van der Waals surface area contributed by atoms with Crippen LogP contribution in [0.1, 0.15) is 35.5 Å². The number of nitrogens with two attached hydrogens (primary N) is 1. The van der Waals surface area contributed by atoms with Gasteiger partial charge < -0.3 is 10.6 Å². The number of nitrogens with zero attached hydrogens (tertiary/aromatic N) is 2. The van der Waals surface area contributed by atoms with Crippen LogP contribution in [-0.2, 0) is 0 Å². The molecule has 0 fully saturated rings. The molecule has 106 valence electrons. The Bertz CT molecular complexity index is 545. The highest BCUT2D eigenvalue weighted by Gasteiger charge is 2.17. The van der Waals surface area contributed by atoms with Gasteiger partial charge in [-0.05, 0) is 12.0 Å². The molecule has 0 atom stereocenters. The van der Waals surface area contributed by atoms with Crippen molar-refractivity contribution in [2.45, 2.75) is 20.3 Å². The van der Waals surface area contributed by atoms with Gasteiger partial charge in [0.15, 0.2) is 0 Å². The Kier molecular flexibility index (Phi) is 6.79. The number of hydrogen-bond acceptors (Lipinski definition) is 4. The Balaban J connectivity index is 2.82. The quantitative estimate of drug-likeness (QED) is 0.844. The zero-order valence-electron chi connectivity index (χ0n) is 11.8. The van der Waals surface area contributed by atoms with E-state index in [0.29, 0.717) is 37.5 Å². The predicted octanol–water partition coefficient (Wildman–Crippen LogP) is 2.07. The molecule has 2 N–H and O–H groups in total. The molecule has 0 saturated carbocycles. The topological polar surface area (TPSA) is 70.1 Å². The van der Waals surface area contributed by atoms with Crippen molar-refractivity contribution in [1.82, 2.24) is 4.90 Å². The van der Waals surface area contributed by atoms with Crippen LogP contribution >= 0.6 is 11.3 Å². The molecule has 0 spiro atoms. The van der Waals surface area contributed by atoms with Crippen LogP contribution in [0.5, 0.6) is 0 Å². The first-order valence-corrected chi connectivity index (χ1v) is 7.40. The number of carbonyl (C=O) groups excluding carboxylic acids is 1. The summed E-state index contributed by atoms with van der Waals surface area (Å²) in [6.45, 7) is 5.53. The Morgan fingerprint density at radius 3 is 2.90 bits per heavy atom. The highest BCUT2D eigenvalue weighted by atomic mass is 32.1. The fourth-order valence-electron chi connectivity index (χ4n) is 1.74. The Hall–Kier alpha value is -1.82. The summed E-state index contributed by atoms with van der Waals surface area (Å²) in [5.41, 5.74) is 5.96. The molecule has 0 aliphatic carbocycles. The first-order chi connectivity index (χ1) is 9.58. The maximum atomic E-state index is 12.4. The molecule has 1 aromatic heterocycles. The molecular formula is C15H19N3OS. The Morgan fingerprint density at radius 1 is 1.55 bits per heavy atom. The van der Waals surface area contributed by atoms with Crippen molar-refractivity contribution in [2.24, 2.45) is 11.7 Å². The van der Waals surface area contributed by atoms with E-state index in [9.17, 15) is 4.79 Å². The zero-order chi connectivity index (χ0) is 15.0. The first kappa shape index (κ1) is 16.2. The lowest BCUT2D eigenvalue weighted by atomic mass is 10.1. The van der Waals surface area contributed by atoms with Gasteiger partial charge in [0.1, 0.15) is 0 Å². The van der Waals surface area contributed by atoms with Crippen molar-refractivity contribution in [2.75, 3.05) is 19.6 Å². The SMILES string of the molecule is CC(C)CN(CCC#N)C(=O)c1csc(C#CCN)c1. The summed E-state index contributed by atoms with van der Waals surface area (Å²) in [4.78, 5) is 15.0. The van der Waals surface area contributed by atoms with E-state index in [4.69, 9.17) is 11.0 Å². The third kappa shape index (κ3) is 5.05. The molecule has 0 aromatic carbocycles. The molecule has 5 heteroatoms. The third-order valence-corrected chi connectivity index (χ3v) is 3.37. The third-order valence-electron chi connectivity index (χ3n) is 2.53. The smallest absolute Gasteiger partial charge is 0.254 e. The highest BCUT2D eigenvalue weighted by molar-refractivity contribution is 7.10. The second kappa shape index (κ2) is 8.37. The van der Waals surface area contributed by atoms with Crippen LogP contribution in [0.15, 0.2) is 11.4 Å². The largest absolute Gasteiger partial charge is 0.337 e. The van der Waals surface area contributed by atoms with E-state index in [-0.39, 0.29) is 5.91 Å². The zero-order valence-corrected chi connectivity index (χ0v) is 12.7. The van der Waals surface area contributed by atoms with Crippen molar-refractivity contribution < 1.29 is 4.79 Å². The lowest BCUT2D eigenvalue weighted by molar-refractivity contribution is 0.0740. The number of carbonyl (C=O) groups is 1. The molecule has 0 unspecified atom stereocenters.